The van der Waals surface area contributed by atoms with Crippen LogP contribution in [0.4, 0.5) is 4.39 Å². The maximum atomic E-state index is 14.5. The van der Waals surface area contributed by atoms with Gasteiger partial charge < -0.3 is 0 Å². The lowest BCUT2D eigenvalue weighted by molar-refractivity contribution is 0.215. The molecule has 0 N–H and O–H groups in total. The summed E-state index contributed by atoms with van der Waals surface area (Å²) in [5.41, 5.74) is 2.13. The highest BCUT2D eigenvalue weighted by atomic mass is 19.1. The second-order valence-corrected chi connectivity index (χ2v) is 8.39. The van der Waals surface area contributed by atoms with Crippen LogP contribution in [-0.2, 0) is 6.42 Å². The quantitative estimate of drug-likeness (QED) is 0.471. The summed E-state index contributed by atoms with van der Waals surface area (Å²) in [5, 5.41) is 0. The maximum absolute atomic E-state index is 14.5. The van der Waals surface area contributed by atoms with E-state index in [9.17, 15) is 4.39 Å². The lowest BCUT2D eigenvalue weighted by Crippen LogP contribution is -2.23. The zero-order valence-corrected chi connectivity index (χ0v) is 16.1. The first-order valence-corrected chi connectivity index (χ1v) is 10.6. The fraction of sp³-hybridized carbons (Fsp3) is 0.667. The van der Waals surface area contributed by atoms with Gasteiger partial charge in [-0.15, -0.1) is 0 Å². The van der Waals surface area contributed by atoms with E-state index in [1.807, 2.05) is 19.1 Å². The molecule has 1 aromatic carbocycles. The van der Waals surface area contributed by atoms with Gasteiger partial charge in [0.15, 0.2) is 0 Å². The highest BCUT2D eigenvalue weighted by Gasteiger charge is 2.30. The van der Waals surface area contributed by atoms with Gasteiger partial charge in [-0.1, -0.05) is 57.4 Å². The fourth-order valence-corrected chi connectivity index (χ4v) is 5.11. The molecular formula is C24H35F. The second-order valence-electron chi connectivity index (χ2n) is 8.39. The third-order valence-electron chi connectivity index (χ3n) is 6.89. The Balaban J connectivity index is 1.78. The Morgan fingerprint density at radius 1 is 1.00 bits per heavy atom. The summed E-state index contributed by atoms with van der Waals surface area (Å²) in [4.78, 5) is 0. The van der Waals surface area contributed by atoms with Gasteiger partial charge in [0.25, 0.3) is 0 Å². The minimum atomic E-state index is 0.00999. The van der Waals surface area contributed by atoms with E-state index in [-0.39, 0.29) is 5.82 Å². The van der Waals surface area contributed by atoms with Crippen molar-refractivity contribution in [1.82, 2.24) is 0 Å². The van der Waals surface area contributed by atoms with Crippen LogP contribution in [0.25, 0.3) is 0 Å². The Bertz CT molecular complexity index is 565. The average molecular weight is 343 g/mol. The molecule has 0 bridgehead atoms. The van der Waals surface area contributed by atoms with Gasteiger partial charge in [0.05, 0.1) is 0 Å². The molecule has 0 aliphatic heterocycles. The summed E-state index contributed by atoms with van der Waals surface area (Å²) in [7, 11) is 0. The molecule has 1 saturated carbocycles. The molecule has 2 aliphatic rings. The highest BCUT2D eigenvalue weighted by Crippen LogP contribution is 2.43. The lowest BCUT2D eigenvalue weighted by Gasteiger charge is -2.36. The van der Waals surface area contributed by atoms with Crippen molar-refractivity contribution in [3.8, 4) is 0 Å². The van der Waals surface area contributed by atoms with Crippen molar-refractivity contribution in [1.29, 1.82) is 0 Å². The van der Waals surface area contributed by atoms with Crippen LogP contribution < -0.4 is 0 Å². The first kappa shape index (κ1) is 18.7. The molecule has 2 atom stereocenters. The van der Waals surface area contributed by atoms with E-state index in [0.29, 0.717) is 5.92 Å². The number of allylic oxidation sites excluding steroid dienone is 2. The number of hydrogen-bond donors (Lipinski definition) is 0. The minimum Gasteiger partial charge on any atom is -0.207 e. The predicted octanol–water partition coefficient (Wildman–Crippen LogP) is 7.43. The second kappa shape index (κ2) is 9.01. The summed E-state index contributed by atoms with van der Waals surface area (Å²) in [5.74, 6) is 3.02. The van der Waals surface area contributed by atoms with Crippen molar-refractivity contribution in [2.45, 2.75) is 84.0 Å². The van der Waals surface area contributed by atoms with Crippen molar-refractivity contribution >= 4 is 0 Å². The third kappa shape index (κ3) is 4.74. The molecule has 1 heteroatoms. The summed E-state index contributed by atoms with van der Waals surface area (Å²) in [6.07, 6.45) is 17.2. The number of benzene rings is 1. The number of aryl methyl sites for hydroxylation is 1. The van der Waals surface area contributed by atoms with Gasteiger partial charge in [-0.25, -0.2) is 4.39 Å². The SMILES string of the molecule is CCc1ccc(C(CC2CC=CCC2)C2CCC(CC)CC2)cc1F. The van der Waals surface area contributed by atoms with Crippen LogP contribution in [0.15, 0.2) is 30.4 Å². The van der Waals surface area contributed by atoms with Crippen molar-refractivity contribution in [3.63, 3.8) is 0 Å². The molecule has 0 radical (unpaired) electrons. The van der Waals surface area contributed by atoms with Gasteiger partial charge >= 0.3 is 0 Å². The Hall–Kier alpha value is -1.11. The van der Waals surface area contributed by atoms with Gasteiger partial charge in [0, 0.05) is 0 Å². The third-order valence-corrected chi connectivity index (χ3v) is 6.89. The molecule has 138 valence electrons. The Kier molecular flexibility index (Phi) is 6.73. The minimum absolute atomic E-state index is 0.00999. The first-order valence-electron chi connectivity index (χ1n) is 10.6. The summed E-state index contributed by atoms with van der Waals surface area (Å²) < 4.78 is 14.5. The van der Waals surface area contributed by atoms with Gasteiger partial charge in [-0.3, -0.25) is 0 Å². The summed E-state index contributed by atoms with van der Waals surface area (Å²) in [6.45, 7) is 4.37. The Labute approximate surface area is 153 Å². The normalized spacial score (nSPS) is 28.0. The highest BCUT2D eigenvalue weighted by molar-refractivity contribution is 5.28. The summed E-state index contributed by atoms with van der Waals surface area (Å²) >= 11 is 0. The molecule has 2 unspecified atom stereocenters. The monoisotopic (exact) mass is 342 g/mol. The zero-order valence-electron chi connectivity index (χ0n) is 16.1. The Morgan fingerprint density at radius 3 is 2.40 bits per heavy atom. The van der Waals surface area contributed by atoms with Gasteiger partial charge in [0.1, 0.15) is 5.82 Å². The molecule has 25 heavy (non-hydrogen) atoms. The van der Waals surface area contributed by atoms with Crippen LogP contribution in [-0.4, -0.2) is 0 Å². The molecule has 2 aliphatic carbocycles. The van der Waals surface area contributed by atoms with E-state index in [0.717, 1.165) is 29.7 Å². The molecule has 0 heterocycles. The molecule has 0 amide bonds. The Morgan fingerprint density at radius 2 is 1.80 bits per heavy atom. The van der Waals surface area contributed by atoms with Gasteiger partial charge in [-0.2, -0.15) is 0 Å². The maximum Gasteiger partial charge on any atom is 0.126 e. The molecule has 0 aromatic heterocycles. The topological polar surface area (TPSA) is 0 Å². The van der Waals surface area contributed by atoms with E-state index >= 15 is 0 Å². The molecular weight excluding hydrogens is 307 g/mol. The fourth-order valence-electron chi connectivity index (χ4n) is 5.11. The van der Waals surface area contributed by atoms with E-state index in [2.05, 4.69) is 25.1 Å². The van der Waals surface area contributed by atoms with Gasteiger partial charge in [-0.05, 0) is 85.8 Å². The van der Waals surface area contributed by atoms with E-state index in [1.165, 1.54) is 63.4 Å². The van der Waals surface area contributed by atoms with E-state index < -0.39 is 0 Å². The van der Waals surface area contributed by atoms with Crippen LogP contribution in [0.2, 0.25) is 0 Å². The summed E-state index contributed by atoms with van der Waals surface area (Å²) in [6, 6.07) is 6.14. The number of hydrogen-bond acceptors (Lipinski definition) is 0. The smallest absolute Gasteiger partial charge is 0.126 e. The molecule has 1 aromatic rings. The number of halogens is 1. The van der Waals surface area contributed by atoms with Crippen LogP contribution in [0.5, 0.6) is 0 Å². The zero-order chi connectivity index (χ0) is 17.6. The molecule has 0 spiro atoms. The van der Waals surface area contributed by atoms with Crippen LogP contribution in [0.1, 0.15) is 88.7 Å². The van der Waals surface area contributed by atoms with Crippen molar-refractivity contribution in [2.75, 3.05) is 0 Å². The molecule has 3 rings (SSSR count). The predicted molar refractivity (Wildman–Crippen MR) is 105 cm³/mol. The van der Waals surface area contributed by atoms with Gasteiger partial charge in [0.2, 0.25) is 0 Å². The molecule has 0 saturated heterocycles. The average Bonchev–Trinajstić information content (AvgIpc) is 2.67. The van der Waals surface area contributed by atoms with E-state index in [1.54, 1.807) is 0 Å². The van der Waals surface area contributed by atoms with Crippen molar-refractivity contribution < 1.29 is 4.39 Å². The van der Waals surface area contributed by atoms with Crippen molar-refractivity contribution in [3.05, 3.63) is 47.3 Å². The molecule has 0 nitrogen and oxygen atoms in total. The number of rotatable bonds is 6. The van der Waals surface area contributed by atoms with Crippen LogP contribution in [0.3, 0.4) is 0 Å². The molecule has 1 fully saturated rings. The van der Waals surface area contributed by atoms with Crippen molar-refractivity contribution in [2.24, 2.45) is 17.8 Å². The van der Waals surface area contributed by atoms with Crippen LogP contribution >= 0.6 is 0 Å². The lowest BCUT2D eigenvalue weighted by atomic mass is 9.69. The van der Waals surface area contributed by atoms with Crippen LogP contribution in [0, 0.1) is 23.6 Å². The standard InChI is InChI=1S/C24H35F/c1-3-18-10-12-21(13-11-18)23(16-19-8-6-5-7-9-19)22-15-14-20(4-2)24(25)17-22/h5-6,14-15,17-19,21,23H,3-4,7-13,16H2,1-2H3. The van der Waals surface area contributed by atoms with E-state index in [4.69, 9.17) is 0 Å². The first-order chi connectivity index (χ1) is 12.2. The largest absolute Gasteiger partial charge is 0.207 e.